The van der Waals surface area contributed by atoms with Gasteiger partial charge in [-0.05, 0) is 48.4 Å². The molecule has 0 amide bonds. The van der Waals surface area contributed by atoms with Crippen LogP contribution in [0.15, 0.2) is 41.3 Å². The SMILES string of the molecule is COc1cc(CNS(=O)(=O)c2ccc(OC)cc2C)cc(OC)c1. The number of rotatable bonds is 7. The first-order valence-electron chi connectivity index (χ1n) is 7.26. The van der Waals surface area contributed by atoms with E-state index in [1.54, 1.807) is 51.5 Å². The van der Waals surface area contributed by atoms with Crippen molar-refractivity contribution in [3.05, 3.63) is 47.5 Å². The van der Waals surface area contributed by atoms with Gasteiger partial charge in [-0.1, -0.05) is 0 Å². The Morgan fingerprint density at radius 3 is 1.96 bits per heavy atom. The molecular weight excluding hydrogens is 330 g/mol. The molecule has 2 aromatic carbocycles. The third-order valence-corrected chi connectivity index (χ3v) is 5.11. The lowest BCUT2D eigenvalue weighted by Crippen LogP contribution is -2.24. The lowest BCUT2D eigenvalue weighted by molar-refractivity contribution is 0.393. The van der Waals surface area contributed by atoms with Gasteiger partial charge in [0.1, 0.15) is 17.2 Å². The van der Waals surface area contributed by atoms with Gasteiger partial charge < -0.3 is 14.2 Å². The zero-order valence-electron chi connectivity index (χ0n) is 14.1. The lowest BCUT2D eigenvalue weighted by atomic mass is 10.2. The summed E-state index contributed by atoms with van der Waals surface area (Å²) in [5.41, 5.74) is 1.35. The number of benzene rings is 2. The third kappa shape index (κ3) is 4.18. The zero-order chi connectivity index (χ0) is 17.7. The third-order valence-electron chi connectivity index (χ3n) is 3.55. The maximum absolute atomic E-state index is 12.5. The summed E-state index contributed by atoms with van der Waals surface area (Å²) in [5.74, 6) is 1.82. The quantitative estimate of drug-likeness (QED) is 0.830. The molecule has 0 heterocycles. The van der Waals surface area contributed by atoms with Crippen molar-refractivity contribution in [2.75, 3.05) is 21.3 Å². The van der Waals surface area contributed by atoms with E-state index in [0.29, 0.717) is 22.8 Å². The standard InChI is InChI=1S/C17H21NO5S/c1-12-7-14(21-2)5-6-17(12)24(19,20)18-11-13-8-15(22-3)10-16(9-13)23-4/h5-10,18H,11H2,1-4H3. The minimum absolute atomic E-state index is 0.126. The van der Waals surface area contributed by atoms with Crippen molar-refractivity contribution in [1.82, 2.24) is 4.72 Å². The van der Waals surface area contributed by atoms with E-state index in [0.717, 1.165) is 5.56 Å². The molecule has 0 atom stereocenters. The molecule has 7 heteroatoms. The molecule has 6 nitrogen and oxygen atoms in total. The van der Waals surface area contributed by atoms with E-state index in [4.69, 9.17) is 14.2 Å². The van der Waals surface area contributed by atoms with Crippen LogP contribution in [0, 0.1) is 6.92 Å². The second kappa shape index (κ2) is 7.55. The van der Waals surface area contributed by atoms with Crippen molar-refractivity contribution in [1.29, 1.82) is 0 Å². The Balaban J connectivity index is 2.21. The Kier molecular flexibility index (Phi) is 5.69. The summed E-state index contributed by atoms with van der Waals surface area (Å²) in [4.78, 5) is 0.221. The molecule has 0 aliphatic heterocycles. The summed E-state index contributed by atoms with van der Waals surface area (Å²) in [6, 6.07) is 10.1. The smallest absolute Gasteiger partial charge is 0.241 e. The lowest BCUT2D eigenvalue weighted by Gasteiger charge is -2.12. The van der Waals surface area contributed by atoms with E-state index >= 15 is 0 Å². The Bertz CT molecular complexity index is 795. The maximum atomic E-state index is 12.5. The van der Waals surface area contributed by atoms with Crippen molar-refractivity contribution in [2.45, 2.75) is 18.4 Å². The number of nitrogens with one attached hydrogen (secondary N) is 1. The van der Waals surface area contributed by atoms with Gasteiger partial charge in [-0.15, -0.1) is 0 Å². The van der Waals surface area contributed by atoms with Crippen LogP contribution in [0.2, 0.25) is 0 Å². The first-order chi connectivity index (χ1) is 11.4. The van der Waals surface area contributed by atoms with Gasteiger partial charge in [0.25, 0.3) is 0 Å². The highest BCUT2D eigenvalue weighted by Gasteiger charge is 2.17. The number of hydrogen-bond donors (Lipinski definition) is 1. The van der Waals surface area contributed by atoms with E-state index in [1.165, 1.54) is 13.2 Å². The van der Waals surface area contributed by atoms with Crippen LogP contribution in [-0.2, 0) is 16.6 Å². The second-order valence-corrected chi connectivity index (χ2v) is 6.91. The first-order valence-corrected chi connectivity index (χ1v) is 8.74. The molecule has 0 radical (unpaired) electrons. The van der Waals surface area contributed by atoms with Crippen LogP contribution >= 0.6 is 0 Å². The van der Waals surface area contributed by atoms with Crippen LogP contribution in [-0.4, -0.2) is 29.7 Å². The second-order valence-electron chi connectivity index (χ2n) is 5.18. The van der Waals surface area contributed by atoms with Crippen molar-refractivity contribution < 1.29 is 22.6 Å². The first kappa shape index (κ1) is 18.1. The van der Waals surface area contributed by atoms with Crippen LogP contribution in [0.25, 0.3) is 0 Å². The summed E-state index contributed by atoms with van der Waals surface area (Å²) in [5, 5.41) is 0. The fourth-order valence-corrected chi connectivity index (χ4v) is 3.52. The van der Waals surface area contributed by atoms with E-state index < -0.39 is 10.0 Å². The Labute approximate surface area is 142 Å². The number of ether oxygens (including phenoxy) is 3. The highest BCUT2D eigenvalue weighted by atomic mass is 32.2. The van der Waals surface area contributed by atoms with Crippen LogP contribution in [0.5, 0.6) is 17.2 Å². The van der Waals surface area contributed by atoms with Crippen LogP contribution in [0.4, 0.5) is 0 Å². The van der Waals surface area contributed by atoms with Gasteiger partial charge in [0, 0.05) is 12.6 Å². The monoisotopic (exact) mass is 351 g/mol. The van der Waals surface area contributed by atoms with Crippen LogP contribution < -0.4 is 18.9 Å². The van der Waals surface area contributed by atoms with E-state index in [9.17, 15) is 8.42 Å². The minimum Gasteiger partial charge on any atom is -0.497 e. The summed E-state index contributed by atoms with van der Waals surface area (Å²) in [7, 11) is 0.989. The molecule has 0 unspecified atom stereocenters. The number of sulfonamides is 1. The van der Waals surface area contributed by atoms with Crippen molar-refractivity contribution in [3.8, 4) is 17.2 Å². The van der Waals surface area contributed by atoms with Gasteiger partial charge in [-0.25, -0.2) is 13.1 Å². The Hall–Kier alpha value is -2.25. The predicted octanol–water partition coefficient (Wildman–Crippen LogP) is 2.50. The highest BCUT2D eigenvalue weighted by Crippen LogP contribution is 2.24. The van der Waals surface area contributed by atoms with E-state index in [2.05, 4.69) is 4.72 Å². The number of hydrogen-bond acceptors (Lipinski definition) is 5. The molecule has 0 saturated carbocycles. The summed E-state index contributed by atoms with van der Waals surface area (Å²) in [6.07, 6.45) is 0. The van der Waals surface area contributed by atoms with Gasteiger partial charge in [0.05, 0.1) is 26.2 Å². The highest BCUT2D eigenvalue weighted by molar-refractivity contribution is 7.89. The molecule has 130 valence electrons. The molecule has 0 aliphatic carbocycles. The molecule has 2 rings (SSSR count). The van der Waals surface area contributed by atoms with Gasteiger partial charge in [-0.2, -0.15) is 0 Å². The predicted molar refractivity (Wildman–Crippen MR) is 91.3 cm³/mol. The zero-order valence-corrected chi connectivity index (χ0v) is 14.9. The van der Waals surface area contributed by atoms with Gasteiger partial charge in [0.2, 0.25) is 10.0 Å². The Morgan fingerprint density at radius 1 is 0.875 bits per heavy atom. The van der Waals surface area contributed by atoms with Crippen molar-refractivity contribution in [2.24, 2.45) is 0 Å². The average molecular weight is 351 g/mol. The molecule has 0 bridgehead atoms. The summed E-state index contributed by atoms with van der Waals surface area (Å²) in [6.45, 7) is 1.85. The molecule has 24 heavy (non-hydrogen) atoms. The van der Waals surface area contributed by atoms with Gasteiger partial charge in [-0.3, -0.25) is 0 Å². The molecule has 0 aromatic heterocycles. The molecule has 0 aliphatic rings. The Morgan fingerprint density at radius 2 is 1.46 bits per heavy atom. The molecule has 0 spiro atoms. The summed E-state index contributed by atoms with van der Waals surface area (Å²) >= 11 is 0. The number of methoxy groups -OCH3 is 3. The van der Waals surface area contributed by atoms with Crippen LogP contribution in [0.3, 0.4) is 0 Å². The average Bonchev–Trinajstić information content (AvgIpc) is 2.59. The van der Waals surface area contributed by atoms with Gasteiger partial charge in [0.15, 0.2) is 0 Å². The fourth-order valence-electron chi connectivity index (χ4n) is 2.27. The molecule has 0 saturated heterocycles. The molecule has 2 aromatic rings. The maximum Gasteiger partial charge on any atom is 0.241 e. The van der Waals surface area contributed by atoms with E-state index in [1.807, 2.05) is 0 Å². The largest absolute Gasteiger partial charge is 0.497 e. The van der Waals surface area contributed by atoms with E-state index in [-0.39, 0.29) is 11.4 Å². The minimum atomic E-state index is -3.64. The molecule has 0 fully saturated rings. The molecule has 1 N–H and O–H groups in total. The summed E-state index contributed by atoms with van der Waals surface area (Å²) < 4.78 is 43.1. The normalized spacial score (nSPS) is 11.2. The topological polar surface area (TPSA) is 73.9 Å². The van der Waals surface area contributed by atoms with Crippen molar-refractivity contribution in [3.63, 3.8) is 0 Å². The van der Waals surface area contributed by atoms with Crippen molar-refractivity contribution >= 4 is 10.0 Å². The molecular formula is C17H21NO5S. The number of aryl methyl sites for hydroxylation is 1. The van der Waals surface area contributed by atoms with Crippen LogP contribution in [0.1, 0.15) is 11.1 Å². The van der Waals surface area contributed by atoms with Gasteiger partial charge >= 0.3 is 0 Å². The fraction of sp³-hybridized carbons (Fsp3) is 0.294.